The Morgan fingerprint density at radius 2 is 2.20 bits per heavy atom. The number of nitrogens with zero attached hydrogens (tertiary/aromatic N) is 1. The maximum atomic E-state index is 13.1. The molecule has 1 aromatic carbocycles. The number of aliphatic hydroxyl groups excluding tert-OH is 1. The summed E-state index contributed by atoms with van der Waals surface area (Å²) in [5.41, 5.74) is 1.02. The van der Waals surface area contributed by atoms with Gasteiger partial charge in [0.1, 0.15) is 18.1 Å². The number of hydrogen-bond acceptors (Lipinski definition) is 3. The SMILES string of the molecule is OCc1cc(-c2ccc(Cl)c(F)c2)no1. The zero-order valence-corrected chi connectivity index (χ0v) is 8.33. The van der Waals surface area contributed by atoms with Gasteiger partial charge in [0.15, 0.2) is 5.76 Å². The number of aliphatic hydroxyl groups is 1. The second-order valence-corrected chi connectivity index (χ2v) is 3.37. The zero-order chi connectivity index (χ0) is 10.8. The topological polar surface area (TPSA) is 46.3 Å². The van der Waals surface area contributed by atoms with Crippen LogP contribution in [0.15, 0.2) is 28.8 Å². The van der Waals surface area contributed by atoms with Crippen molar-refractivity contribution in [1.82, 2.24) is 5.16 Å². The average molecular weight is 228 g/mol. The predicted molar refractivity (Wildman–Crippen MR) is 52.8 cm³/mol. The van der Waals surface area contributed by atoms with Gasteiger partial charge in [-0.05, 0) is 12.1 Å². The molecule has 3 nitrogen and oxygen atoms in total. The third-order valence-corrected chi connectivity index (χ3v) is 2.24. The van der Waals surface area contributed by atoms with Gasteiger partial charge in [0.2, 0.25) is 0 Å². The summed E-state index contributed by atoms with van der Waals surface area (Å²) in [5.74, 6) is -0.178. The van der Waals surface area contributed by atoms with Crippen LogP contribution in [0, 0.1) is 5.82 Å². The van der Waals surface area contributed by atoms with Crippen molar-refractivity contribution in [2.24, 2.45) is 0 Å². The molecule has 2 rings (SSSR count). The molecule has 1 heterocycles. The first-order valence-corrected chi connectivity index (χ1v) is 4.60. The molecule has 0 atom stereocenters. The van der Waals surface area contributed by atoms with Gasteiger partial charge in [0.25, 0.3) is 0 Å². The second kappa shape index (κ2) is 4.00. The van der Waals surface area contributed by atoms with Crippen LogP contribution < -0.4 is 0 Å². The van der Waals surface area contributed by atoms with Crippen molar-refractivity contribution >= 4 is 11.6 Å². The Morgan fingerprint density at radius 1 is 1.40 bits per heavy atom. The predicted octanol–water partition coefficient (Wildman–Crippen LogP) is 2.63. The molecule has 0 fully saturated rings. The lowest BCUT2D eigenvalue weighted by Gasteiger charge is -1.96. The van der Waals surface area contributed by atoms with E-state index in [0.717, 1.165) is 0 Å². The minimum atomic E-state index is -0.511. The van der Waals surface area contributed by atoms with Crippen molar-refractivity contribution < 1.29 is 14.0 Å². The lowest BCUT2D eigenvalue weighted by molar-refractivity contribution is 0.229. The second-order valence-electron chi connectivity index (χ2n) is 2.97. The number of rotatable bonds is 2. The molecule has 0 aliphatic heterocycles. The minimum absolute atomic E-state index is 0.0598. The molecule has 0 unspecified atom stereocenters. The van der Waals surface area contributed by atoms with E-state index >= 15 is 0 Å². The van der Waals surface area contributed by atoms with Crippen LogP contribution in [0.1, 0.15) is 5.76 Å². The van der Waals surface area contributed by atoms with Gasteiger partial charge in [-0.1, -0.05) is 22.8 Å². The van der Waals surface area contributed by atoms with Crippen LogP contribution >= 0.6 is 11.6 Å². The molecule has 0 spiro atoms. The van der Waals surface area contributed by atoms with Gasteiger partial charge < -0.3 is 9.63 Å². The number of hydrogen-bond donors (Lipinski definition) is 1. The fourth-order valence-corrected chi connectivity index (χ4v) is 1.30. The van der Waals surface area contributed by atoms with Gasteiger partial charge in [0, 0.05) is 11.6 Å². The standard InChI is InChI=1S/C10H7ClFNO2/c11-8-2-1-6(3-9(8)12)10-4-7(5-14)15-13-10/h1-4,14H,5H2. The Bertz CT molecular complexity index is 484. The normalized spacial score (nSPS) is 10.6. The zero-order valence-electron chi connectivity index (χ0n) is 7.58. The van der Waals surface area contributed by atoms with Crippen LogP contribution in [-0.2, 0) is 6.61 Å². The molecule has 0 aliphatic rings. The first-order chi connectivity index (χ1) is 7.20. The summed E-state index contributed by atoms with van der Waals surface area (Å²) in [6.07, 6.45) is 0. The Kier molecular flexibility index (Phi) is 2.70. The fourth-order valence-electron chi connectivity index (χ4n) is 1.18. The first kappa shape index (κ1) is 10.1. The van der Waals surface area contributed by atoms with Crippen LogP contribution in [0.4, 0.5) is 4.39 Å². The van der Waals surface area contributed by atoms with E-state index in [9.17, 15) is 4.39 Å². The molecule has 2 aromatic rings. The third kappa shape index (κ3) is 2.00. The van der Waals surface area contributed by atoms with E-state index in [4.69, 9.17) is 21.2 Å². The van der Waals surface area contributed by atoms with Gasteiger partial charge in [-0.25, -0.2) is 4.39 Å². The van der Waals surface area contributed by atoms with Crippen LogP contribution in [0.3, 0.4) is 0 Å². The molecular formula is C10H7ClFNO2. The largest absolute Gasteiger partial charge is 0.388 e. The van der Waals surface area contributed by atoms with E-state index in [-0.39, 0.29) is 11.6 Å². The number of benzene rings is 1. The van der Waals surface area contributed by atoms with Gasteiger partial charge >= 0.3 is 0 Å². The summed E-state index contributed by atoms with van der Waals surface area (Å²) in [6.45, 7) is -0.233. The Labute approximate surface area is 90.1 Å². The molecule has 0 radical (unpaired) electrons. The van der Waals surface area contributed by atoms with Crippen LogP contribution in [0.25, 0.3) is 11.3 Å². The van der Waals surface area contributed by atoms with Crippen LogP contribution in [0.5, 0.6) is 0 Å². The van der Waals surface area contributed by atoms with Crippen molar-refractivity contribution in [2.45, 2.75) is 6.61 Å². The molecule has 0 bridgehead atoms. The Balaban J connectivity index is 2.40. The highest BCUT2D eigenvalue weighted by molar-refractivity contribution is 6.30. The van der Waals surface area contributed by atoms with Gasteiger partial charge in [-0.2, -0.15) is 0 Å². The molecule has 78 valence electrons. The summed E-state index contributed by atoms with van der Waals surface area (Å²) >= 11 is 5.54. The van der Waals surface area contributed by atoms with Gasteiger partial charge in [0.05, 0.1) is 5.02 Å². The van der Waals surface area contributed by atoms with E-state index < -0.39 is 5.82 Å². The monoisotopic (exact) mass is 227 g/mol. The number of halogens is 2. The summed E-state index contributed by atoms with van der Waals surface area (Å²) in [6, 6.07) is 5.88. The fraction of sp³-hybridized carbons (Fsp3) is 0.100. The highest BCUT2D eigenvalue weighted by atomic mass is 35.5. The highest BCUT2D eigenvalue weighted by Gasteiger charge is 2.08. The molecular weight excluding hydrogens is 221 g/mol. The van der Waals surface area contributed by atoms with Crippen molar-refractivity contribution in [3.05, 3.63) is 40.9 Å². The molecule has 5 heteroatoms. The smallest absolute Gasteiger partial charge is 0.162 e. The lowest BCUT2D eigenvalue weighted by Crippen LogP contribution is -1.81. The maximum Gasteiger partial charge on any atom is 0.162 e. The summed E-state index contributed by atoms with van der Waals surface area (Å²) in [4.78, 5) is 0. The molecule has 0 saturated heterocycles. The highest BCUT2D eigenvalue weighted by Crippen LogP contribution is 2.23. The van der Waals surface area contributed by atoms with Gasteiger partial charge in [-0.3, -0.25) is 0 Å². The molecule has 1 aromatic heterocycles. The summed E-state index contributed by atoms with van der Waals surface area (Å²) in [5, 5.41) is 12.5. The van der Waals surface area contributed by atoms with Crippen LogP contribution in [0.2, 0.25) is 5.02 Å². The van der Waals surface area contributed by atoms with Crippen molar-refractivity contribution in [3.63, 3.8) is 0 Å². The maximum absolute atomic E-state index is 13.1. The Morgan fingerprint density at radius 3 is 2.80 bits per heavy atom. The first-order valence-electron chi connectivity index (χ1n) is 4.22. The van der Waals surface area contributed by atoms with E-state index in [0.29, 0.717) is 17.0 Å². The van der Waals surface area contributed by atoms with Crippen molar-refractivity contribution in [1.29, 1.82) is 0 Å². The van der Waals surface area contributed by atoms with E-state index in [1.54, 1.807) is 12.1 Å². The molecule has 15 heavy (non-hydrogen) atoms. The summed E-state index contributed by atoms with van der Waals surface area (Å²) in [7, 11) is 0. The molecule has 1 N–H and O–H groups in total. The quantitative estimate of drug-likeness (QED) is 0.858. The molecule has 0 aliphatic carbocycles. The van der Waals surface area contributed by atoms with Gasteiger partial charge in [-0.15, -0.1) is 0 Å². The minimum Gasteiger partial charge on any atom is -0.388 e. The summed E-state index contributed by atoms with van der Waals surface area (Å²) < 4.78 is 17.9. The lowest BCUT2D eigenvalue weighted by atomic mass is 10.1. The molecule has 0 amide bonds. The molecule has 0 saturated carbocycles. The average Bonchev–Trinajstić information content (AvgIpc) is 2.70. The van der Waals surface area contributed by atoms with E-state index in [1.165, 1.54) is 12.1 Å². The number of aromatic nitrogens is 1. The van der Waals surface area contributed by atoms with Crippen LogP contribution in [-0.4, -0.2) is 10.3 Å². The third-order valence-electron chi connectivity index (χ3n) is 1.93. The Hall–Kier alpha value is -1.39. The van der Waals surface area contributed by atoms with E-state index in [2.05, 4.69) is 5.16 Å². The van der Waals surface area contributed by atoms with Crippen molar-refractivity contribution in [3.8, 4) is 11.3 Å². The van der Waals surface area contributed by atoms with E-state index in [1.807, 2.05) is 0 Å². The van der Waals surface area contributed by atoms with Crippen molar-refractivity contribution in [2.75, 3.05) is 0 Å².